The van der Waals surface area contributed by atoms with Gasteiger partial charge in [0.25, 0.3) is 0 Å². The van der Waals surface area contributed by atoms with Crippen LogP contribution in [0.15, 0.2) is 24.4 Å². The summed E-state index contributed by atoms with van der Waals surface area (Å²) in [6, 6.07) is 6.56. The van der Waals surface area contributed by atoms with E-state index in [0.29, 0.717) is 0 Å². The number of hydrogen-bond acceptors (Lipinski definition) is 3. The maximum atomic E-state index is 4.26. The Labute approximate surface area is 113 Å². The van der Waals surface area contributed by atoms with Crippen LogP contribution in [0.5, 0.6) is 0 Å². The van der Waals surface area contributed by atoms with E-state index in [1.54, 1.807) is 0 Å². The van der Waals surface area contributed by atoms with Crippen molar-refractivity contribution in [1.82, 2.24) is 15.1 Å². The highest BCUT2D eigenvalue weighted by Gasteiger charge is 2.13. The molecule has 1 aromatic heterocycles. The van der Waals surface area contributed by atoms with Gasteiger partial charge in [-0.2, -0.15) is 5.10 Å². The zero-order valence-electron chi connectivity index (χ0n) is 11.5. The fourth-order valence-corrected chi connectivity index (χ4v) is 2.61. The number of benzene rings is 1. The van der Waals surface area contributed by atoms with Gasteiger partial charge in [-0.05, 0) is 24.5 Å². The van der Waals surface area contributed by atoms with Crippen molar-refractivity contribution in [2.45, 2.75) is 26.4 Å². The molecule has 0 amide bonds. The monoisotopic (exact) mass is 256 g/mol. The minimum absolute atomic E-state index is 0.864. The Bertz CT molecular complexity index is 586. The van der Waals surface area contributed by atoms with E-state index in [9.17, 15) is 0 Å². The van der Waals surface area contributed by atoms with E-state index in [1.165, 1.54) is 28.1 Å². The Morgan fingerprint density at radius 2 is 2.16 bits per heavy atom. The van der Waals surface area contributed by atoms with Gasteiger partial charge in [-0.1, -0.05) is 18.2 Å². The van der Waals surface area contributed by atoms with Crippen LogP contribution in [0.2, 0.25) is 0 Å². The van der Waals surface area contributed by atoms with Crippen LogP contribution in [-0.4, -0.2) is 16.3 Å². The van der Waals surface area contributed by atoms with Crippen molar-refractivity contribution >= 4 is 5.69 Å². The Morgan fingerprint density at radius 1 is 1.32 bits per heavy atom. The van der Waals surface area contributed by atoms with Gasteiger partial charge < -0.3 is 10.6 Å². The molecule has 0 spiro atoms. The predicted molar refractivity (Wildman–Crippen MR) is 77.1 cm³/mol. The number of anilines is 1. The molecule has 1 aliphatic heterocycles. The van der Waals surface area contributed by atoms with Gasteiger partial charge in [0.1, 0.15) is 0 Å². The molecule has 0 radical (unpaired) electrons. The molecule has 4 nitrogen and oxygen atoms in total. The zero-order valence-corrected chi connectivity index (χ0v) is 11.5. The first-order valence-corrected chi connectivity index (χ1v) is 6.78. The molecule has 2 N–H and O–H groups in total. The Balaban J connectivity index is 1.64. The number of aromatic nitrogens is 2. The minimum atomic E-state index is 0.864. The lowest BCUT2D eigenvalue weighted by molar-refractivity contribution is 0.685. The first-order chi connectivity index (χ1) is 9.25. The summed E-state index contributed by atoms with van der Waals surface area (Å²) in [6.45, 7) is 4.92. The minimum Gasteiger partial charge on any atom is -0.384 e. The van der Waals surface area contributed by atoms with Crippen molar-refractivity contribution in [3.63, 3.8) is 0 Å². The molecule has 0 aliphatic carbocycles. The standard InChI is InChI=1S/C15H20N4/c1-11-14(10-18-19(11)2)9-16-8-13-5-3-4-12-6-7-17-15(12)13/h3-5,10,16-17H,6-9H2,1-2H3. The third kappa shape index (κ3) is 2.36. The molecule has 2 heterocycles. The number of fused-ring (bicyclic) bond motifs is 1. The number of para-hydroxylation sites is 1. The molecule has 1 aliphatic rings. The summed E-state index contributed by atoms with van der Waals surface area (Å²) < 4.78 is 1.92. The summed E-state index contributed by atoms with van der Waals surface area (Å²) in [4.78, 5) is 0. The molecule has 4 heteroatoms. The lowest BCUT2D eigenvalue weighted by atomic mass is 10.1. The van der Waals surface area contributed by atoms with E-state index in [1.807, 2.05) is 17.9 Å². The van der Waals surface area contributed by atoms with Crippen LogP contribution in [0.4, 0.5) is 5.69 Å². The van der Waals surface area contributed by atoms with E-state index < -0.39 is 0 Å². The van der Waals surface area contributed by atoms with Crippen LogP contribution in [0.1, 0.15) is 22.4 Å². The summed E-state index contributed by atoms with van der Waals surface area (Å²) >= 11 is 0. The molecule has 0 unspecified atom stereocenters. The number of hydrogen-bond donors (Lipinski definition) is 2. The quantitative estimate of drug-likeness (QED) is 0.879. The van der Waals surface area contributed by atoms with Crippen molar-refractivity contribution in [2.75, 3.05) is 11.9 Å². The maximum Gasteiger partial charge on any atom is 0.0537 e. The summed E-state index contributed by atoms with van der Waals surface area (Å²) in [7, 11) is 1.98. The number of aryl methyl sites for hydroxylation is 1. The van der Waals surface area contributed by atoms with Crippen LogP contribution in [0.3, 0.4) is 0 Å². The molecule has 0 atom stereocenters. The molecule has 3 rings (SSSR count). The largest absolute Gasteiger partial charge is 0.384 e. The first-order valence-electron chi connectivity index (χ1n) is 6.78. The molecular formula is C15H20N4. The van der Waals surface area contributed by atoms with Crippen LogP contribution in [0.25, 0.3) is 0 Å². The van der Waals surface area contributed by atoms with Crippen LogP contribution < -0.4 is 10.6 Å². The fraction of sp³-hybridized carbons (Fsp3) is 0.400. The van der Waals surface area contributed by atoms with Crippen LogP contribution >= 0.6 is 0 Å². The zero-order chi connectivity index (χ0) is 13.2. The van der Waals surface area contributed by atoms with Gasteiger partial charge in [0.05, 0.1) is 6.20 Å². The van der Waals surface area contributed by atoms with Crippen molar-refractivity contribution < 1.29 is 0 Å². The SMILES string of the molecule is Cc1c(CNCc2cccc3c2NCC3)cnn1C. The average molecular weight is 256 g/mol. The lowest BCUT2D eigenvalue weighted by Crippen LogP contribution is -2.14. The van der Waals surface area contributed by atoms with E-state index in [-0.39, 0.29) is 0 Å². The number of nitrogens with one attached hydrogen (secondary N) is 2. The summed E-state index contributed by atoms with van der Waals surface area (Å²) in [5, 5.41) is 11.2. The molecule has 0 saturated heterocycles. The summed E-state index contributed by atoms with van der Waals surface area (Å²) in [6.07, 6.45) is 3.08. The Kier molecular flexibility index (Phi) is 3.25. The fourth-order valence-electron chi connectivity index (χ4n) is 2.61. The molecule has 2 aromatic rings. The van der Waals surface area contributed by atoms with Crippen molar-refractivity contribution in [3.05, 3.63) is 46.8 Å². The second-order valence-corrected chi connectivity index (χ2v) is 5.11. The van der Waals surface area contributed by atoms with Gasteiger partial charge >= 0.3 is 0 Å². The third-order valence-electron chi connectivity index (χ3n) is 3.90. The Hall–Kier alpha value is -1.81. The van der Waals surface area contributed by atoms with Crippen LogP contribution in [0, 0.1) is 6.92 Å². The molecule has 19 heavy (non-hydrogen) atoms. The van der Waals surface area contributed by atoms with Crippen molar-refractivity contribution in [2.24, 2.45) is 7.05 Å². The van der Waals surface area contributed by atoms with Gasteiger partial charge in [0.15, 0.2) is 0 Å². The van der Waals surface area contributed by atoms with Crippen molar-refractivity contribution in [3.8, 4) is 0 Å². The van der Waals surface area contributed by atoms with E-state index in [4.69, 9.17) is 0 Å². The average Bonchev–Trinajstić information content (AvgIpc) is 3.00. The maximum absolute atomic E-state index is 4.26. The van der Waals surface area contributed by atoms with E-state index in [0.717, 1.165) is 26.1 Å². The van der Waals surface area contributed by atoms with E-state index >= 15 is 0 Å². The second kappa shape index (κ2) is 5.05. The number of nitrogens with zero attached hydrogens (tertiary/aromatic N) is 2. The second-order valence-electron chi connectivity index (χ2n) is 5.11. The normalized spacial score (nSPS) is 13.4. The molecule has 0 bridgehead atoms. The molecular weight excluding hydrogens is 236 g/mol. The van der Waals surface area contributed by atoms with E-state index in [2.05, 4.69) is 40.9 Å². The molecule has 100 valence electrons. The van der Waals surface area contributed by atoms with Gasteiger partial charge in [-0.3, -0.25) is 4.68 Å². The smallest absolute Gasteiger partial charge is 0.0537 e. The number of rotatable bonds is 4. The van der Waals surface area contributed by atoms with Crippen molar-refractivity contribution in [1.29, 1.82) is 0 Å². The lowest BCUT2D eigenvalue weighted by Gasteiger charge is -2.10. The first kappa shape index (κ1) is 12.2. The highest BCUT2D eigenvalue weighted by molar-refractivity contribution is 5.61. The predicted octanol–water partition coefficient (Wildman–Crippen LogP) is 1.99. The molecule has 1 aromatic carbocycles. The van der Waals surface area contributed by atoms with Gasteiger partial charge in [-0.25, -0.2) is 0 Å². The highest BCUT2D eigenvalue weighted by atomic mass is 15.3. The van der Waals surface area contributed by atoms with Gasteiger partial charge in [0.2, 0.25) is 0 Å². The molecule has 0 fully saturated rings. The third-order valence-corrected chi connectivity index (χ3v) is 3.90. The Morgan fingerprint density at radius 3 is 2.95 bits per heavy atom. The highest BCUT2D eigenvalue weighted by Crippen LogP contribution is 2.26. The molecule has 0 saturated carbocycles. The van der Waals surface area contributed by atoms with Gasteiger partial charge in [0, 0.05) is 43.6 Å². The summed E-state index contributed by atoms with van der Waals surface area (Å²) in [5.74, 6) is 0. The van der Waals surface area contributed by atoms with Crippen LogP contribution in [-0.2, 0) is 26.6 Å². The topological polar surface area (TPSA) is 41.9 Å². The summed E-state index contributed by atoms with van der Waals surface area (Å²) in [5.41, 5.74) is 6.62. The van der Waals surface area contributed by atoms with Gasteiger partial charge in [-0.15, -0.1) is 0 Å².